The number of carbonyl (C=O) groups is 1. The van der Waals surface area contributed by atoms with Gasteiger partial charge in [0.1, 0.15) is 12.2 Å². The first-order valence-electron chi connectivity index (χ1n) is 18.7. The molecule has 0 aliphatic rings. The van der Waals surface area contributed by atoms with Crippen molar-refractivity contribution < 1.29 is 43.0 Å². The normalized spacial score (nSPS) is 14.5. The Morgan fingerprint density at radius 3 is 1.72 bits per heavy atom. The van der Waals surface area contributed by atoms with Crippen LogP contribution in [0.1, 0.15) is 168 Å². The Balaban J connectivity index is 4.22. The van der Waals surface area contributed by atoms with Crippen LogP contribution in [0.4, 0.5) is 0 Å². The van der Waals surface area contributed by atoms with Gasteiger partial charge in [0.25, 0.3) is 0 Å². The number of aliphatic hydroxyl groups is 2. The second-order valence-electron chi connectivity index (χ2n) is 12.6. The predicted molar refractivity (Wildman–Crippen MR) is 187 cm³/mol. The second kappa shape index (κ2) is 34.1. The molecule has 9 nitrogen and oxygen atoms in total. The van der Waals surface area contributed by atoms with Crippen molar-refractivity contribution in [1.29, 1.82) is 0 Å². The average Bonchev–Trinajstić information content (AvgIpc) is 3.04. The van der Waals surface area contributed by atoms with Gasteiger partial charge in [0.05, 0.1) is 26.4 Å². The molecule has 274 valence electrons. The van der Waals surface area contributed by atoms with Crippen LogP contribution in [0.5, 0.6) is 0 Å². The molecule has 3 atom stereocenters. The van der Waals surface area contributed by atoms with E-state index in [1.807, 2.05) is 0 Å². The minimum atomic E-state index is -4.50. The van der Waals surface area contributed by atoms with Crippen molar-refractivity contribution in [2.75, 3.05) is 33.0 Å². The summed E-state index contributed by atoms with van der Waals surface area (Å²) in [4.78, 5) is 22.4. The summed E-state index contributed by atoms with van der Waals surface area (Å²) < 4.78 is 33.2. The van der Waals surface area contributed by atoms with Gasteiger partial charge in [-0.1, -0.05) is 142 Å². The van der Waals surface area contributed by atoms with E-state index >= 15 is 0 Å². The molecule has 0 radical (unpaired) electrons. The predicted octanol–water partition coefficient (Wildman–Crippen LogP) is 9.36. The number of aliphatic hydroxyl groups excluding tert-OH is 2. The third kappa shape index (κ3) is 33.1. The van der Waals surface area contributed by atoms with Crippen molar-refractivity contribution in [3.63, 3.8) is 0 Å². The molecule has 0 aromatic carbocycles. The minimum Gasteiger partial charge on any atom is -0.457 e. The first kappa shape index (κ1) is 45.2. The fraction of sp³-hybridized carbons (Fsp3) is 0.917. The lowest BCUT2D eigenvalue weighted by Crippen LogP contribution is -2.29. The third-order valence-corrected chi connectivity index (χ3v) is 8.88. The highest BCUT2D eigenvalue weighted by atomic mass is 31.2. The van der Waals surface area contributed by atoms with E-state index in [0.29, 0.717) is 6.61 Å². The number of hydrogen-bond acceptors (Lipinski definition) is 8. The first-order valence-corrected chi connectivity index (χ1v) is 20.2. The molecule has 0 aliphatic carbocycles. The van der Waals surface area contributed by atoms with Crippen molar-refractivity contribution in [2.45, 2.75) is 180 Å². The van der Waals surface area contributed by atoms with Gasteiger partial charge in [0, 0.05) is 13.0 Å². The van der Waals surface area contributed by atoms with E-state index < -0.39 is 33.2 Å². The molecule has 0 saturated carbocycles. The lowest BCUT2D eigenvalue weighted by Gasteiger charge is -2.20. The van der Waals surface area contributed by atoms with Gasteiger partial charge in [-0.2, -0.15) is 0 Å². The van der Waals surface area contributed by atoms with Gasteiger partial charge in [0.15, 0.2) is 0 Å². The molecule has 0 spiro atoms. The second-order valence-corrected chi connectivity index (χ2v) is 14.1. The summed E-state index contributed by atoms with van der Waals surface area (Å²) in [7, 11) is -4.50. The summed E-state index contributed by atoms with van der Waals surface area (Å²) in [5.74, 6) is -0.384. The molecule has 0 bridgehead atoms. The zero-order chi connectivity index (χ0) is 34.0. The molecule has 0 fully saturated rings. The van der Waals surface area contributed by atoms with Gasteiger partial charge < -0.3 is 24.6 Å². The van der Waals surface area contributed by atoms with Crippen molar-refractivity contribution in [3.05, 3.63) is 12.2 Å². The number of hydrogen-bond donors (Lipinski definition) is 3. The largest absolute Gasteiger partial charge is 0.472 e. The van der Waals surface area contributed by atoms with Crippen molar-refractivity contribution in [2.24, 2.45) is 0 Å². The molecular weight excluding hydrogens is 607 g/mol. The van der Waals surface area contributed by atoms with Crippen LogP contribution in [0.3, 0.4) is 0 Å². The van der Waals surface area contributed by atoms with E-state index in [1.54, 1.807) is 0 Å². The molecule has 0 heterocycles. The van der Waals surface area contributed by atoms with E-state index in [9.17, 15) is 19.4 Å². The minimum absolute atomic E-state index is 0.0494. The zero-order valence-corrected chi connectivity index (χ0v) is 30.4. The van der Waals surface area contributed by atoms with E-state index in [-0.39, 0.29) is 25.6 Å². The maximum absolute atomic E-state index is 12.5. The summed E-state index contributed by atoms with van der Waals surface area (Å²) in [5, 5.41) is 18.3. The molecule has 0 aromatic rings. The van der Waals surface area contributed by atoms with E-state index in [2.05, 4.69) is 26.0 Å². The van der Waals surface area contributed by atoms with Crippen molar-refractivity contribution in [1.82, 2.24) is 0 Å². The fourth-order valence-electron chi connectivity index (χ4n) is 5.06. The molecule has 0 aromatic heterocycles. The van der Waals surface area contributed by atoms with Crippen LogP contribution in [-0.2, 0) is 27.9 Å². The molecule has 3 unspecified atom stereocenters. The van der Waals surface area contributed by atoms with E-state index in [0.717, 1.165) is 51.4 Å². The Kier molecular flexibility index (Phi) is 33.5. The SMILES string of the molecule is CCC/C=C\CCCCCCCCOCC(COP(=O)(O)OCC(O)CO)OC(=O)CCCCCCCCCCCCCCCC. The van der Waals surface area contributed by atoms with Gasteiger partial charge in [-0.3, -0.25) is 13.8 Å². The lowest BCUT2D eigenvalue weighted by molar-refractivity contribution is -0.154. The summed E-state index contributed by atoms with van der Waals surface area (Å²) >= 11 is 0. The Morgan fingerprint density at radius 2 is 1.15 bits per heavy atom. The fourth-order valence-corrected chi connectivity index (χ4v) is 5.85. The number of phosphoric acid groups is 1. The highest BCUT2D eigenvalue weighted by molar-refractivity contribution is 7.47. The topological polar surface area (TPSA) is 132 Å². The maximum atomic E-state index is 12.5. The number of carbonyl (C=O) groups excluding carboxylic acids is 1. The van der Waals surface area contributed by atoms with Gasteiger partial charge in [0.2, 0.25) is 0 Å². The number of esters is 1. The Morgan fingerprint density at radius 1 is 0.652 bits per heavy atom. The third-order valence-electron chi connectivity index (χ3n) is 7.93. The van der Waals surface area contributed by atoms with Crippen LogP contribution >= 0.6 is 7.82 Å². The van der Waals surface area contributed by atoms with Gasteiger partial charge in [-0.25, -0.2) is 4.57 Å². The summed E-state index contributed by atoms with van der Waals surface area (Å²) in [5.41, 5.74) is 0. The highest BCUT2D eigenvalue weighted by Gasteiger charge is 2.26. The highest BCUT2D eigenvalue weighted by Crippen LogP contribution is 2.43. The van der Waals surface area contributed by atoms with Crippen LogP contribution in [-0.4, -0.2) is 66.3 Å². The standard InChI is InChI=1S/C36H71O9P/c1-3-5-7-9-11-13-15-16-17-18-20-22-24-26-28-36(39)45-35(33-44-46(40,41)43-31-34(38)30-37)32-42-29-27-25-23-21-19-14-12-10-8-6-4-2/h8,10,34-35,37-38H,3-7,9,11-33H2,1-2H3,(H,40,41)/b10-8-. The lowest BCUT2D eigenvalue weighted by atomic mass is 10.0. The Bertz CT molecular complexity index is 734. The Labute approximate surface area is 281 Å². The zero-order valence-electron chi connectivity index (χ0n) is 29.6. The molecule has 46 heavy (non-hydrogen) atoms. The maximum Gasteiger partial charge on any atom is 0.472 e. The van der Waals surface area contributed by atoms with Crippen LogP contribution in [0.25, 0.3) is 0 Å². The van der Waals surface area contributed by atoms with E-state index in [4.69, 9.17) is 23.6 Å². The summed E-state index contributed by atoms with van der Waals surface area (Å²) in [6.07, 6.45) is 30.2. The summed E-state index contributed by atoms with van der Waals surface area (Å²) in [6.45, 7) is 3.45. The van der Waals surface area contributed by atoms with Gasteiger partial charge in [-0.15, -0.1) is 0 Å². The summed E-state index contributed by atoms with van der Waals surface area (Å²) in [6, 6.07) is 0. The molecular formula is C36H71O9P. The monoisotopic (exact) mass is 678 g/mol. The van der Waals surface area contributed by atoms with Gasteiger partial charge >= 0.3 is 13.8 Å². The molecule has 0 rings (SSSR count). The number of allylic oxidation sites excluding steroid dienone is 2. The van der Waals surface area contributed by atoms with Crippen LogP contribution in [0.15, 0.2) is 12.2 Å². The van der Waals surface area contributed by atoms with Crippen LogP contribution in [0.2, 0.25) is 0 Å². The number of ether oxygens (including phenoxy) is 2. The van der Waals surface area contributed by atoms with Crippen molar-refractivity contribution >= 4 is 13.8 Å². The Hall–Kier alpha value is -0.800. The van der Waals surface area contributed by atoms with Gasteiger partial charge in [-0.05, 0) is 32.1 Å². The molecule has 3 N–H and O–H groups in total. The number of phosphoric ester groups is 1. The van der Waals surface area contributed by atoms with E-state index in [1.165, 1.54) is 96.3 Å². The quantitative estimate of drug-likeness (QED) is 0.0257. The average molecular weight is 679 g/mol. The number of unbranched alkanes of at least 4 members (excludes halogenated alkanes) is 20. The number of rotatable bonds is 36. The van der Waals surface area contributed by atoms with Crippen molar-refractivity contribution in [3.8, 4) is 0 Å². The molecule has 0 saturated heterocycles. The molecule has 0 amide bonds. The van der Waals surface area contributed by atoms with Crippen LogP contribution < -0.4 is 0 Å². The molecule has 0 aliphatic heterocycles. The van der Waals surface area contributed by atoms with Crippen LogP contribution in [0, 0.1) is 0 Å². The first-order chi connectivity index (χ1) is 22.3. The smallest absolute Gasteiger partial charge is 0.457 e. The molecule has 10 heteroatoms.